The van der Waals surface area contributed by atoms with E-state index in [9.17, 15) is 13.6 Å². The summed E-state index contributed by atoms with van der Waals surface area (Å²) in [5.41, 5.74) is 0.324. The van der Waals surface area contributed by atoms with Gasteiger partial charge in [-0.1, -0.05) is 6.07 Å². The van der Waals surface area contributed by atoms with Gasteiger partial charge in [-0.3, -0.25) is 4.79 Å². The van der Waals surface area contributed by atoms with Crippen LogP contribution in [0.2, 0.25) is 0 Å². The molecule has 2 heterocycles. The summed E-state index contributed by atoms with van der Waals surface area (Å²) in [7, 11) is 0. The Hall–Kier alpha value is -2.09. The van der Waals surface area contributed by atoms with Gasteiger partial charge >= 0.3 is 0 Å². The highest BCUT2D eigenvalue weighted by Crippen LogP contribution is 2.39. The first kappa shape index (κ1) is 15.4. The molecule has 2 fully saturated rings. The Balaban J connectivity index is 1.41. The summed E-state index contributed by atoms with van der Waals surface area (Å²) >= 11 is 1.33. The van der Waals surface area contributed by atoms with E-state index in [1.807, 2.05) is 4.90 Å². The quantitative estimate of drug-likeness (QED) is 0.850. The minimum absolute atomic E-state index is 0.0897. The van der Waals surface area contributed by atoms with Gasteiger partial charge in [-0.15, -0.1) is 0 Å². The fraction of sp³-hybridized carbons (Fsp3) is 0.438. The van der Waals surface area contributed by atoms with Crippen LogP contribution < -0.4 is 4.90 Å². The van der Waals surface area contributed by atoms with Crippen LogP contribution in [-0.2, 0) is 11.3 Å². The molecule has 5 nitrogen and oxygen atoms in total. The number of rotatable bonds is 4. The van der Waals surface area contributed by atoms with Gasteiger partial charge in [0, 0.05) is 48.7 Å². The third-order valence-corrected chi connectivity index (χ3v) is 5.13. The topological polar surface area (TPSA) is 49.3 Å². The molecule has 0 radical (unpaired) electrons. The molecule has 1 amide bonds. The second kappa shape index (κ2) is 6.08. The van der Waals surface area contributed by atoms with Crippen molar-refractivity contribution in [2.45, 2.75) is 25.3 Å². The Morgan fingerprint density at radius 1 is 1.25 bits per heavy atom. The van der Waals surface area contributed by atoms with Crippen molar-refractivity contribution in [3.63, 3.8) is 0 Å². The number of benzene rings is 1. The predicted octanol–water partition coefficient (Wildman–Crippen LogP) is 2.54. The van der Waals surface area contributed by atoms with Gasteiger partial charge in [0.25, 0.3) is 0 Å². The molecular weight excluding hydrogens is 334 g/mol. The highest BCUT2D eigenvalue weighted by Gasteiger charge is 2.31. The first-order valence-corrected chi connectivity index (χ1v) is 8.68. The molecule has 8 heteroatoms. The number of carbonyl (C=O) groups is 1. The number of anilines is 1. The third kappa shape index (κ3) is 3.10. The van der Waals surface area contributed by atoms with Crippen LogP contribution in [0.5, 0.6) is 0 Å². The summed E-state index contributed by atoms with van der Waals surface area (Å²) in [6, 6.07) is 3.44. The minimum Gasteiger partial charge on any atom is -0.336 e. The zero-order valence-corrected chi connectivity index (χ0v) is 13.7. The molecule has 0 bridgehead atoms. The van der Waals surface area contributed by atoms with Crippen LogP contribution in [0, 0.1) is 11.6 Å². The van der Waals surface area contributed by atoms with E-state index in [4.69, 9.17) is 0 Å². The number of piperazine rings is 1. The average Bonchev–Trinajstić information content (AvgIpc) is 3.29. The third-order valence-electron chi connectivity index (χ3n) is 4.34. The second-order valence-electron chi connectivity index (χ2n) is 6.18. The Bertz CT molecular complexity index is 777. The van der Waals surface area contributed by atoms with Gasteiger partial charge in [-0.2, -0.15) is 4.37 Å². The lowest BCUT2D eigenvalue weighted by Gasteiger charge is -2.34. The number of nitrogens with zero attached hydrogens (tertiary/aromatic N) is 4. The van der Waals surface area contributed by atoms with Crippen molar-refractivity contribution in [2.24, 2.45) is 0 Å². The number of hydrogen-bond acceptors (Lipinski definition) is 5. The largest absolute Gasteiger partial charge is 0.336 e. The lowest BCUT2D eigenvalue weighted by molar-refractivity contribution is -0.131. The summed E-state index contributed by atoms with van der Waals surface area (Å²) < 4.78 is 31.1. The Labute approximate surface area is 142 Å². The minimum atomic E-state index is -0.622. The van der Waals surface area contributed by atoms with Crippen LogP contribution >= 0.6 is 11.5 Å². The van der Waals surface area contributed by atoms with E-state index in [0.29, 0.717) is 24.6 Å². The van der Waals surface area contributed by atoms with Crippen LogP contribution in [0.1, 0.15) is 30.1 Å². The molecule has 1 aromatic heterocycles. The fourth-order valence-electron chi connectivity index (χ4n) is 2.76. The van der Waals surface area contributed by atoms with Crippen LogP contribution in [0.25, 0.3) is 0 Å². The van der Waals surface area contributed by atoms with Crippen molar-refractivity contribution in [3.8, 4) is 0 Å². The van der Waals surface area contributed by atoms with Crippen molar-refractivity contribution in [2.75, 3.05) is 24.5 Å². The van der Waals surface area contributed by atoms with Crippen molar-refractivity contribution in [1.82, 2.24) is 14.3 Å². The number of halogens is 2. The van der Waals surface area contributed by atoms with E-state index in [1.54, 1.807) is 4.90 Å². The Kier molecular flexibility index (Phi) is 3.91. The molecule has 1 aliphatic carbocycles. The van der Waals surface area contributed by atoms with Crippen LogP contribution in [-0.4, -0.2) is 39.8 Å². The van der Waals surface area contributed by atoms with Gasteiger partial charge in [0.05, 0.1) is 6.54 Å². The van der Waals surface area contributed by atoms with E-state index in [-0.39, 0.29) is 19.0 Å². The molecule has 1 aromatic carbocycles. The normalized spacial score (nSPS) is 18.3. The molecule has 4 rings (SSSR count). The Morgan fingerprint density at radius 3 is 2.79 bits per heavy atom. The van der Waals surface area contributed by atoms with E-state index in [2.05, 4.69) is 9.36 Å². The summed E-state index contributed by atoms with van der Waals surface area (Å²) in [6.45, 7) is 1.48. The maximum absolute atomic E-state index is 13.8. The number of hydrogen-bond donors (Lipinski definition) is 0. The SMILES string of the molecule is O=C1CN(c2nc(C3CC3)ns2)CCN1Cc1ccc(F)cc1F. The van der Waals surface area contributed by atoms with Crippen LogP contribution in [0.4, 0.5) is 13.9 Å². The monoisotopic (exact) mass is 350 g/mol. The molecule has 0 N–H and O–H groups in total. The molecule has 1 saturated heterocycles. The number of amides is 1. The highest BCUT2D eigenvalue weighted by atomic mass is 32.1. The van der Waals surface area contributed by atoms with Gasteiger partial charge in [0.1, 0.15) is 17.5 Å². The van der Waals surface area contributed by atoms with E-state index >= 15 is 0 Å². The van der Waals surface area contributed by atoms with Gasteiger partial charge in [-0.05, 0) is 18.9 Å². The molecule has 0 unspecified atom stereocenters. The summed E-state index contributed by atoms with van der Waals surface area (Å²) in [5, 5.41) is 0.776. The lowest BCUT2D eigenvalue weighted by Crippen LogP contribution is -2.50. The zero-order chi connectivity index (χ0) is 16.7. The van der Waals surface area contributed by atoms with Crippen molar-refractivity contribution >= 4 is 22.6 Å². The number of carbonyl (C=O) groups excluding carboxylic acids is 1. The first-order chi connectivity index (χ1) is 11.6. The van der Waals surface area contributed by atoms with E-state index in [0.717, 1.165) is 29.9 Å². The van der Waals surface area contributed by atoms with Gasteiger partial charge in [-0.25, -0.2) is 13.8 Å². The van der Waals surface area contributed by atoms with Gasteiger partial charge < -0.3 is 9.80 Å². The van der Waals surface area contributed by atoms with Gasteiger partial charge in [0.15, 0.2) is 0 Å². The lowest BCUT2D eigenvalue weighted by atomic mass is 10.1. The van der Waals surface area contributed by atoms with Crippen molar-refractivity contribution in [1.29, 1.82) is 0 Å². The van der Waals surface area contributed by atoms with Crippen molar-refractivity contribution in [3.05, 3.63) is 41.2 Å². The van der Waals surface area contributed by atoms with Crippen LogP contribution in [0.3, 0.4) is 0 Å². The molecule has 1 aliphatic heterocycles. The fourth-order valence-corrected chi connectivity index (χ4v) is 3.53. The van der Waals surface area contributed by atoms with E-state index < -0.39 is 11.6 Å². The maximum Gasteiger partial charge on any atom is 0.242 e. The smallest absolute Gasteiger partial charge is 0.242 e. The number of aromatic nitrogens is 2. The summed E-state index contributed by atoms with van der Waals surface area (Å²) in [4.78, 5) is 20.4. The average molecular weight is 350 g/mol. The predicted molar refractivity (Wildman–Crippen MR) is 85.9 cm³/mol. The molecule has 0 atom stereocenters. The van der Waals surface area contributed by atoms with Gasteiger partial charge in [0.2, 0.25) is 11.0 Å². The molecule has 126 valence electrons. The molecular formula is C16H16F2N4OS. The molecule has 2 aliphatic rings. The molecule has 24 heavy (non-hydrogen) atoms. The zero-order valence-electron chi connectivity index (χ0n) is 12.9. The van der Waals surface area contributed by atoms with Crippen LogP contribution in [0.15, 0.2) is 18.2 Å². The van der Waals surface area contributed by atoms with E-state index in [1.165, 1.54) is 23.7 Å². The first-order valence-electron chi connectivity index (χ1n) is 7.90. The maximum atomic E-state index is 13.8. The highest BCUT2D eigenvalue weighted by molar-refractivity contribution is 7.09. The molecule has 1 saturated carbocycles. The second-order valence-corrected chi connectivity index (χ2v) is 6.91. The standard InChI is InChI=1S/C16H16F2N4OS/c17-12-4-3-11(13(18)7-12)8-21-5-6-22(9-14(21)23)16-19-15(20-24-16)10-1-2-10/h3-4,7,10H,1-2,5-6,8-9H2. The summed E-state index contributed by atoms with van der Waals surface area (Å²) in [5.74, 6) is 0.0541. The van der Waals surface area contributed by atoms with Crippen molar-refractivity contribution < 1.29 is 13.6 Å². The molecule has 2 aromatic rings. The Morgan fingerprint density at radius 2 is 2.08 bits per heavy atom. The molecule has 0 spiro atoms. The summed E-state index contributed by atoms with van der Waals surface area (Å²) in [6.07, 6.45) is 2.29.